The number of hydrogen-bond donors (Lipinski definition) is 1. The van der Waals surface area contributed by atoms with Crippen molar-refractivity contribution in [3.8, 4) is 0 Å². The molecule has 1 aromatic carbocycles. The molecule has 0 saturated carbocycles. The van der Waals surface area contributed by atoms with Gasteiger partial charge in [-0.1, -0.05) is 28.1 Å². The molecular weight excluding hydrogens is 304 g/mol. The average molecular weight is 325 g/mol. The Morgan fingerprint density at radius 1 is 1.21 bits per heavy atom. The summed E-state index contributed by atoms with van der Waals surface area (Å²) >= 11 is 3.40. The van der Waals surface area contributed by atoms with Crippen LogP contribution in [0.1, 0.15) is 33.1 Å². The van der Waals surface area contributed by atoms with Crippen molar-refractivity contribution in [1.82, 2.24) is 0 Å². The number of rotatable bonds is 3. The van der Waals surface area contributed by atoms with Gasteiger partial charge in [0.15, 0.2) is 0 Å². The van der Waals surface area contributed by atoms with Gasteiger partial charge in [0.05, 0.1) is 15.7 Å². The van der Waals surface area contributed by atoms with Crippen molar-refractivity contribution < 1.29 is 4.79 Å². The van der Waals surface area contributed by atoms with E-state index >= 15 is 0 Å². The monoisotopic (exact) mass is 324 g/mol. The Kier molecular flexibility index (Phi) is 4.50. The van der Waals surface area contributed by atoms with E-state index in [1.54, 1.807) is 0 Å². The minimum absolute atomic E-state index is 0.0167. The van der Waals surface area contributed by atoms with E-state index in [1.165, 1.54) is 19.3 Å². The lowest BCUT2D eigenvalue weighted by Crippen LogP contribution is -2.33. The van der Waals surface area contributed by atoms with Crippen molar-refractivity contribution in [3.63, 3.8) is 0 Å². The van der Waals surface area contributed by atoms with Crippen molar-refractivity contribution in [3.05, 3.63) is 24.3 Å². The van der Waals surface area contributed by atoms with Crippen LogP contribution in [0.5, 0.6) is 0 Å². The quantitative estimate of drug-likeness (QED) is 0.858. The van der Waals surface area contributed by atoms with Crippen LogP contribution in [-0.2, 0) is 4.79 Å². The highest BCUT2D eigenvalue weighted by Crippen LogP contribution is 2.29. The summed E-state index contributed by atoms with van der Waals surface area (Å²) in [7, 11) is 0. The summed E-state index contributed by atoms with van der Waals surface area (Å²) < 4.78 is -0.554. The fraction of sp³-hybridized carbons (Fsp3) is 0.533. The van der Waals surface area contributed by atoms with E-state index in [0.29, 0.717) is 0 Å². The molecule has 0 unspecified atom stereocenters. The number of carbonyl (C=O) groups excluding carboxylic acids is 1. The Bertz CT molecular complexity index is 448. The number of alkyl halides is 1. The zero-order chi connectivity index (χ0) is 13.9. The molecular formula is C15H21BrN2O. The van der Waals surface area contributed by atoms with Crippen molar-refractivity contribution in [2.24, 2.45) is 0 Å². The number of anilines is 2. The highest BCUT2D eigenvalue weighted by Gasteiger charge is 2.25. The fourth-order valence-electron chi connectivity index (χ4n) is 2.26. The fourth-order valence-corrected chi connectivity index (χ4v) is 2.36. The summed E-state index contributed by atoms with van der Waals surface area (Å²) in [6, 6.07) is 8.05. The smallest absolute Gasteiger partial charge is 0.240 e. The van der Waals surface area contributed by atoms with Crippen LogP contribution in [0.2, 0.25) is 0 Å². The van der Waals surface area contributed by atoms with Gasteiger partial charge in [0.2, 0.25) is 5.91 Å². The maximum absolute atomic E-state index is 12.1. The number of piperidine rings is 1. The lowest BCUT2D eigenvalue weighted by Gasteiger charge is -2.31. The number of carbonyl (C=O) groups is 1. The molecule has 0 aliphatic carbocycles. The lowest BCUT2D eigenvalue weighted by molar-refractivity contribution is -0.117. The predicted molar refractivity (Wildman–Crippen MR) is 84.1 cm³/mol. The number of hydrogen-bond acceptors (Lipinski definition) is 2. The van der Waals surface area contributed by atoms with Crippen LogP contribution in [0, 0.1) is 0 Å². The second-order valence-electron chi connectivity index (χ2n) is 5.49. The molecule has 1 aromatic rings. The van der Waals surface area contributed by atoms with Gasteiger partial charge in [-0.3, -0.25) is 4.79 Å². The minimum Gasteiger partial charge on any atom is -0.370 e. The van der Waals surface area contributed by atoms with Gasteiger partial charge in [0, 0.05) is 13.1 Å². The Balaban J connectivity index is 2.18. The first-order chi connectivity index (χ1) is 8.98. The molecule has 4 heteroatoms. The zero-order valence-corrected chi connectivity index (χ0v) is 13.2. The number of halogens is 1. The SMILES string of the molecule is CC(C)(Br)C(=O)Nc1ccccc1N1CCCCC1. The second kappa shape index (κ2) is 5.95. The molecule has 2 rings (SSSR count). The molecule has 0 aromatic heterocycles. The standard InChI is InChI=1S/C15H21BrN2O/c1-15(2,16)14(19)17-12-8-4-5-9-13(12)18-10-6-3-7-11-18/h4-5,8-9H,3,6-7,10-11H2,1-2H3,(H,17,19). The largest absolute Gasteiger partial charge is 0.370 e. The minimum atomic E-state index is -0.554. The first-order valence-corrected chi connectivity index (χ1v) is 7.62. The predicted octanol–water partition coefficient (Wildman–Crippen LogP) is 3.79. The topological polar surface area (TPSA) is 32.3 Å². The van der Waals surface area contributed by atoms with Crippen molar-refractivity contribution in [1.29, 1.82) is 0 Å². The van der Waals surface area contributed by atoms with E-state index in [-0.39, 0.29) is 5.91 Å². The van der Waals surface area contributed by atoms with Gasteiger partial charge in [-0.25, -0.2) is 0 Å². The Labute approximate surface area is 123 Å². The molecule has 1 saturated heterocycles. The van der Waals surface area contributed by atoms with Gasteiger partial charge in [0.25, 0.3) is 0 Å². The summed E-state index contributed by atoms with van der Waals surface area (Å²) in [5.41, 5.74) is 2.04. The van der Waals surface area contributed by atoms with Crippen molar-refractivity contribution in [2.75, 3.05) is 23.3 Å². The van der Waals surface area contributed by atoms with Gasteiger partial charge < -0.3 is 10.2 Å². The number of nitrogens with zero attached hydrogens (tertiary/aromatic N) is 1. The summed E-state index contributed by atoms with van der Waals surface area (Å²) in [4.78, 5) is 14.5. The third-order valence-corrected chi connectivity index (χ3v) is 3.75. The maximum atomic E-state index is 12.1. The van der Waals surface area contributed by atoms with Crippen LogP contribution in [0.15, 0.2) is 24.3 Å². The molecule has 1 N–H and O–H groups in total. The molecule has 104 valence electrons. The van der Waals surface area contributed by atoms with Gasteiger partial charge in [-0.05, 0) is 45.2 Å². The van der Waals surface area contributed by atoms with Crippen LogP contribution < -0.4 is 10.2 Å². The lowest BCUT2D eigenvalue weighted by atomic mass is 10.1. The number of para-hydroxylation sites is 2. The Hall–Kier alpha value is -1.03. The third kappa shape index (κ3) is 3.72. The van der Waals surface area contributed by atoms with E-state index in [2.05, 4.69) is 32.2 Å². The van der Waals surface area contributed by atoms with E-state index in [0.717, 1.165) is 24.5 Å². The maximum Gasteiger partial charge on any atom is 0.240 e. The number of nitrogens with one attached hydrogen (secondary N) is 1. The van der Waals surface area contributed by atoms with Crippen LogP contribution in [-0.4, -0.2) is 23.3 Å². The molecule has 3 nitrogen and oxygen atoms in total. The van der Waals surface area contributed by atoms with Crippen LogP contribution in [0.3, 0.4) is 0 Å². The Morgan fingerprint density at radius 2 is 1.84 bits per heavy atom. The van der Waals surface area contributed by atoms with Gasteiger partial charge in [-0.15, -0.1) is 0 Å². The molecule has 1 aliphatic heterocycles. The molecule has 0 radical (unpaired) electrons. The van der Waals surface area contributed by atoms with E-state index in [4.69, 9.17) is 0 Å². The Morgan fingerprint density at radius 3 is 2.47 bits per heavy atom. The van der Waals surface area contributed by atoms with Gasteiger partial charge in [-0.2, -0.15) is 0 Å². The highest BCUT2D eigenvalue weighted by molar-refractivity contribution is 9.10. The van der Waals surface area contributed by atoms with Crippen LogP contribution in [0.4, 0.5) is 11.4 Å². The molecule has 0 bridgehead atoms. The molecule has 1 aliphatic rings. The molecule has 1 heterocycles. The van der Waals surface area contributed by atoms with E-state index in [1.807, 2.05) is 32.0 Å². The molecule has 0 spiro atoms. The summed E-state index contributed by atoms with van der Waals surface area (Å²) in [5.74, 6) is -0.0167. The summed E-state index contributed by atoms with van der Waals surface area (Å²) in [6.07, 6.45) is 3.76. The number of amides is 1. The summed E-state index contributed by atoms with van der Waals surface area (Å²) in [6.45, 7) is 5.85. The summed E-state index contributed by atoms with van der Waals surface area (Å²) in [5, 5.41) is 3.02. The average Bonchev–Trinajstić information content (AvgIpc) is 2.39. The number of benzene rings is 1. The third-order valence-electron chi connectivity index (χ3n) is 3.39. The molecule has 0 atom stereocenters. The molecule has 1 fully saturated rings. The normalized spacial score (nSPS) is 16.3. The second-order valence-corrected chi connectivity index (χ2v) is 7.47. The van der Waals surface area contributed by atoms with Crippen molar-refractivity contribution in [2.45, 2.75) is 37.4 Å². The highest BCUT2D eigenvalue weighted by atomic mass is 79.9. The first-order valence-electron chi connectivity index (χ1n) is 6.83. The molecule has 19 heavy (non-hydrogen) atoms. The van der Waals surface area contributed by atoms with Gasteiger partial charge >= 0.3 is 0 Å². The van der Waals surface area contributed by atoms with Crippen LogP contribution >= 0.6 is 15.9 Å². The molecule has 1 amide bonds. The van der Waals surface area contributed by atoms with E-state index in [9.17, 15) is 4.79 Å². The zero-order valence-electron chi connectivity index (χ0n) is 11.6. The van der Waals surface area contributed by atoms with Crippen molar-refractivity contribution >= 4 is 33.2 Å². The van der Waals surface area contributed by atoms with E-state index < -0.39 is 4.32 Å². The first kappa shape index (κ1) is 14.4. The van der Waals surface area contributed by atoms with Gasteiger partial charge in [0.1, 0.15) is 0 Å². The van der Waals surface area contributed by atoms with Crippen LogP contribution in [0.25, 0.3) is 0 Å².